The standard InChI is InChI=1S/C12H18F3N3O/c1-16-6-4-7-17(2)11(19)10-5-3-8-18(10)9-12(13,14)15/h3,5,8,16H,4,6-7,9H2,1-2H3. The molecule has 108 valence electrons. The van der Waals surface area contributed by atoms with E-state index < -0.39 is 18.6 Å². The van der Waals surface area contributed by atoms with E-state index in [4.69, 9.17) is 0 Å². The van der Waals surface area contributed by atoms with Crippen LogP contribution in [0.25, 0.3) is 0 Å². The Morgan fingerprint density at radius 1 is 1.47 bits per heavy atom. The number of halogens is 3. The minimum absolute atomic E-state index is 0.0595. The van der Waals surface area contributed by atoms with Crippen molar-refractivity contribution in [2.45, 2.75) is 19.1 Å². The number of carbonyl (C=O) groups is 1. The highest BCUT2D eigenvalue weighted by atomic mass is 19.4. The summed E-state index contributed by atoms with van der Waals surface area (Å²) in [5.74, 6) is -0.398. The number of hydrogen-bond donors (Lipinski definition) is 1. The van der Waals surface area contributed by atoms with Gasteiger partial charge in [-0.15, -0.1) is 0 Å². The molecule has 0 aliphatic heterocycles. The average Bonchev–Trinajstić information content (AvgIpc) is 2.73. The molecule has 1 aromatic rings. The lowest BCUT2D eigenvalue weighted by molar-refractivity contribution is -0.140. The van der Waals surface area contributed by atoms with Gasteiger partial charge in [-0.1, -0.05) is 0 Å². The lowest BCUT2D eigenvalue weighted by atomic mass is 10.3. The van der Waals surface area contributed by atoms with Gasteiger partial charge in [-0.25, -0.2) is 0 Å². The van der Waals surface area contributed by atoms with Crippen LogP contribution in [0, 0.1) is 0 Å². The smallest absolute Gasteiger partial charge is 0.340 e. The second-order valence-electron chi connectivity index (χ2n) is 4.32. The van der Waals surface area contributed by atoms with Crippen molar-refractivity contribution >= 4 is 5.91 Å². The van der Waals surface area contributed by atoms with Gasteiger partial charge in [0.2, 0.25) is 0 Å². The zero-order chi connectivity index (χ0) is 14.5. The predicted molar refractivity (Wildman–Crippen MR) is 66.0 cm³/mol. The second-order valence-corrected chi connectivity index (χ2v) is 4.32. The largest absolute Gasteiger partial charge is 0.406 e. The zero-order valence-corrected chi connectivity index (χ0v) is 11.0. The van der Waals surface area contributed by atoms with Crippen LogP contribution in [-0.2, 0) is 6.54 Å². The first kappa shape index (κ1) is 15.6. The number of nitrogens with one attached hydrogen (secondary N) is 1. The van der Waals surface area contributed by atoms with E-state index in [2.05, 4.69) is 5.32 Å². The van der Waals surface area contributed by atoms with E-state index in [-0.39, 0.29) is 5.69 Å². The molecule has 0 aliphatic carbocycles. The van der Waals surface area contributed by atoms with Crippen molar-refractivity contribution in [3.63, 3.8) is 0 Å². The fourth-order valence-corrected chi connectivity index (χ4v) is 1.73. The number of amides is 1. The summed E-state index contributed by atoms with van der Waals surface area (Å²) >= 11 is 0. The third-order valence-corrected chi connectivity index (χ3v) is 2.67. The quantitative estimate of drug-likeness (QED) is 0.804. The highest BCUT2D eigenvalue weighted by molar-refractivity contribution is 5.92. The number of nitrogens with zero attached hydrogens (tertiary/aromatic N) is 2. The van der Waals surface area contributed by atoms with Crippen LogP contribution < -0.4 is 5.32 Å². The fraction of sp³-hybridized carbons (Fsp3) is 0.583. The normalized spacial score (nSPS) is 11.6. The molecule has 0 saturated carbocycles. The molecule has 1 aromatic heterocycles. The fourth-order valence-electron chi connectivity index (χ4n) is 1.73. The highest BCUT2D eigenvalue weighted by Crippen LogP contribution is 2.19. The molecule has 1 N–H and O–H groups in total. The molecule has 0 aliphatic rings. The van der Waals surface area contributed by atoms with Gasteiger partial charge in [-0.2, -0.15) is 13.2 Å². The predicted octanol–water partition coefficient (Wildman–Crippen LogP) is 1.73. The lowest BCUT2D eigenvalue weighted by Gasteiger charge is -2.19. The summed E-state index contributed by atoms with van der Waals surface area (Å²) in [5.41, 5.74) is 0.0595. The molecule has 4 nitrogen and oxygen atoms in total. The van der Waals surface area contributed by atoms with E-state index in [9.17, 15) is 18.0 Å². The van der Waals surface area contributed by atoms with Crippen LogP contribution in [0.4, 0.5) is 13.2 Å². The van der Waals surface area contributed by atoms with Gasteiger partial charge < -0.3 is 14.8 Å². The van der Waals surface area contributed by atoms with Crippen molar-refractivity contribution in [1.82, 2.24) is 14.8 Å². The van der Waals surface area contributed by atoms with E-state index in [1.54, 1.807) is 14.1 Å². The molecule has 0 atom stereocenters. The molecule has 1 rings (SSSR count). The van der Waals surface area contributed by atoms with Crippen LogP contribution in [0.1, 0.15) is 16.9 Å². The summed E-state index contributed by atoms with van der Waals surface area (Å²) in [6.07, 6.45) is -2.32. The number of hydrogen-bond acceptors (Lipinski definition) is 2. The molecule has 1 amide bonds. The van der Waals surface area contributed by atoms with Gasteiger partial charge in [-0.05, 0) is 32.1 Å². The Bertz CT molecular complexity index is 415. The van der Waals surface area contributed by atoms with E-state index in [0.717, 1.165) is 17.5 Å². The van der Waals surface area contributed by atoms with Gasteiger partial charge in [0.1, 0.15) is 12.2 Å². The summed E-state index contributed by atoms with van der Waals surface area (Å²) in [5, 5.41) is 2.95. The Morgan fingerprint density at radius 3 is 2.74 bits per heavy atom. The number of carbonyl (C=O) groups excluding carboxylic acids is 1. The molecule has 19 heavy (non-hydrogen) atoms. The molecule has 0 fully saturated rings. The van der Waals surface area contributed by atoms with E-state index in [0.29, 0.717) is 6.54 Å². The third-order valence-electron chi connectivity index (χ3n) is 2.67. The lowest BCUT2D eigenvalue weighted by Crippen LogP contribution is -2.32. The molecular weight excluding hydrogens is 259 g/mol. The summed E-state index contributed by atoms with van der Waals surface area (Å²) < 4.78 is 38.0. The van der Waals surface area contributed by atoms with Gasteiger partial charge in [-0.3, -0.25) is 4.79 Å². The SMILES string of the molecule is CNCCCN(C)C(=O)c1cccn1CC(F)(F)F. The molecular formula is C12H18F3N3O. The monoisotopic (exact) mass is 277 g/mol. The highest BCUT2D eigenvalue weighted by Gasteiger charge is 2.29. The third kappa shape index (κ3) is 4.94. The van der Waals surface area contributed by atoms with Crippen molar-refractivity contribution in [3.8, 4) is 0 Å². The minimum atomic E-state index is -4.33. The van der Waals surface area contributed by atoms with Gasteiger partial charge in [0.25, 0.3) is 5.91 Å². The molecule has 0 unspecified atom stereocenters. The maximum atomic E-state index is 12.4. The van der Waals surface area contributed by atoms with Crippen molar-refractivity contribution in [2.75, 3.05) is 27.2 Å². The van der Waals surface area contributed by atoms with E-state index in [1.165, 1.54) is 23.2 Å². The Kier molecular flexibility index (Phi) is 5.41. The van der Waals surface area contributed by atoms with E-state index in [1.807, 2.05) is 0 Å². The van der Waals surface area contributed by atoms with Crippen LogP contribution in [0.3, 0.4) is 0 Å². The van der Waals surface area contributed by atoms with Crippen LogP contribution in [0.2, 0.25) is 0 Å². The number of aromatic nitrogens is 1. The summed E-state index contributed by atoms with van der Waals surface area (Å²) in [7, 11) is 3.39. The Hall–Kier alpha value is -1.50. The topological polar surface area (TPSA) is 37.3 Å². The maximum Gasteiger partial charge on any atom is 0.406 e. The van der Waals surface area contributed by atoms with Crippen LogP contribution in [0.5, 0.6) is 0 Å². The van der Waals surface area contributed by atoms with Gasteiger partial charge >= 0.3 is 6.18 Å². The summed E-state index contributed by atoms with van der Waals surface area (Å²) in [6.45, 7) is 0.101. The first-order valence-corrected chi connectivity index (χ1v) is 5.97. The second kappa shape index (κ2) is 6.60. The molecule has 0 spiro atoms. The minimum Gasteiger partial charge on any atom is -0.340 e. The Morgan fingerprint density at radius 2 is 2.16 bits per heavy atom. The number of rotatable bonds is 6. The first-order valence-electron chi connectivity index (χ1n) is 5.97. The Balaban J connectivity index is 2.69. The van der Waals surface area contributed by atoms with Crippen LogP contribution in [0.15, 0.2) is 18.3 Å². The van der Waals surface area contributed by atoms with Crippen molar-refractivity contribution in [2.24, 2.45) is 0 Å². The Labute approximate surface area is 110 Å². The van der Waals surface area contributed by atoms with Crippen molar-refractivity contribution < 1.29 is 18.0 Å². The molecule has 0 bridgehead atoms. The van der Waals surface area contributed by atoms with Crippen molar-refractivity contribution in [3.05, 3.63) is 24.0 Å². The van der Waals surface area contributed by atoms with Crippen LogP contribution in [-0.4, -0.2) is 48.7 Å². The summed E-state index contributed by atoms with van der Waals surface area (Å²) in [4.78, 5) is 13.5. The summed E-state index contributed by atoms with van der Waals surface area (Å²) in [6, 6.07) is 2.85. The molecule has 0 saturated heterocycles. The maximum absolute atomic E-state index is 12.4. The first-order chi connectivity index (χ1) is 8.85. The van der Waals surface area contributed by atoms with E-state index >= 15 is 0 Å². The van der Waals surface area contributed by atoms with Crippen molar-refractivity contribution in [1.29, 1.82) is 0 Å². The molecule has 7 heteroatoms. The molecule has 0 aromatic carbocycles. The van der Waals surface area contributed by atoms with Crippen LogP contribution >= 0.6 is 0 Å². The molecule has 1 heterocycles. The number of alkyl halides is 3. The average molecular weight is 277 g/mol. The molecule has 0 radical (unpaired) electrons. The van der Waals surface area contributed by atoms with Gasteiger partial charge in [0.15, 0.2) is 0 Å². The van der Waals surface area contributed by atoms with Gasteiger partial charge in [0, 0.05) is 19.8 Å². The zero-order valence-electron chi connectivity index (χ0n) is 11.0. The van der Waals surface area contributed by atoms with Gasteiger partial charge in [0.05, 0.1) is 0 Å².